The van der Waals surface area contributed by atoms with E-state index in [0.717, 1.165) is 5.56 Å². The fraction of sp³-hybridized carbons (Fsp3) is 0.455. The van der Waals surface area contributed by atoms with Gasteiger partial charge in [-0.15, -0.1) is 0 Å². The zero-order valence-electron chi connectivity index (χ0n) is 9.41. The van der Waals surface area contributed by atoms with Crippen LogP contribution in [-0.4, -0.2) is 32.0 Å². The molecule has 3 nitrogen and oxygen atoms in total. The van der Waals surface area contributed by atoms with Crippen LogP contribution in [0.25, 0.3) is 0 Å². The van der Waals surface area contributed by atoms with E-state index in [9.17, 15) is 8.78 Å². The molecular formula is C11H16F2N2O. The molecule has 0 saturated carbocycles. The van der Waals surface area contributed by atoms with Gasteiger partial charge in [0.25, 0.3) is 6.43 Å². The molecule has 5 heteroatoms. The van der Waals surface area contributed by atoms with Crippen molar-refractivity contribution in [1.29, 1.82) is 0 Å². The zero-order valence-corrected chi connectivity index (χ0v) is 9.41. The number of ether oxygens (including phenoxy) is 1. The molecule has 0 bridgehead atoms. The molecule has 1 aromatic rings. The maximum atomic E-state index is 12.1. The van der Waals surface area contributed by atoms with Crippen LogP contribution in [0.2, 0.25) is 0 Å². The van der Waals surface area contributed by atoms with Crippen LogP contribution in [0.4, 0.5) is 14.5 Å². The molecule has 0 atom stereocenters. The van der Waals surface area contributed by atoms with Crippen LogP contribution in [0.1, 0.15) is 5.56 Å². The Morgan fingerprint density at radius 3 is 2.69 bits per heavy atom. The molecule has 0 aliphatic rings. The molecule has 0 radical (unpaired) electrons. The Labute approximate surface area is 93.8 Å². The first-order valence-electron chi connectivity index (χ1n) is 4.92. The average molecular weight is 230 g/mol. The van der Waals surface area contributed by atoms with Gasteiger partial charge in [0.15, 0.2) is 0 Å². The number of nitrogens with two attached hydrogens (primary N) is 1. The monoisotopic (exact) mass is 230 g/mol. The number of benzene rings is 1. The molecule has 16 heavy (non-hydrogen) atoms. The number of hydrogen-bond donors (Lipinski definition) is 1. The first kappa shape index (κ1) is 12.7. The van der Waals surface area contributed by atoms with Gasteiger partial charge < -0.3 is 10.5 Å². The lowest BCUT2D eigenvalue weighted by Gasteiger charge is -2.17. The van der Waals surface area contributed by atoms with E-state index in [4.69, 9.17) is 10.5 Å². The molecule has 0 heterocycles. The molecule has 0 aromatic heterocycles. The minimum Gasteiger partial charge on any atom is -0.497 e. The Balaban J connectivity index is 2.71. The maximum absolute atomic E-state index is 12.1. The summed E-state index contributed by atoms with van der Waals surface area (Å²) in [6, 6.07) is 5.22. The van der Waals surface area contributed by atoms with Crippen molar-refractivity contribution in [2.24, 2.45) is 0 Å². The molecule has 1 aromatic carbocycles. The van der Waals surface area contributed by atoms with Crippen molar-refractivity contribution in [3.63, 3.8) is 0 Å². The highest BCUT2D eigenvalue weighted by atomic mass is 19.3. The molecule has 0 unspecified atom stereocenters. The fourth-order valence-corrected chi connectivity index (χ4v) is 1.44. The largest absolute Gasteiger partial charge is 0.497 e. The summed E-state index contributed by atoms with van der Waals surface area (Å²) in [5.41, 5.74) is 7.13. The van der Waals surface area contributed by atoms with Gasteiger partial charge in [-0.05, 0) is 30.8 Å². The highest BCUT2D eigenvalue weighted by Gasteiger charge is 2.10. The van der Waals surface area contributed by atoms with E-state index in [0.29, 0.717) is 18.0 Å². The van der Waals surface area contributed by atoms with Crippen LogP contribution < -0.4 is 10.5 Å². The van der Waals surface area contributed by atoms with Crippen LogP contribution in [0.5, 0.6) is 5.75 Å². The zero-order chi connectivity index (χ0) is 12.1. The van der Waals surface area contributed by atoms with Crippen molar-refractivity contribution in [1.82, 2.24) is 4.90 Å². The number of hydrogen-bond acceptors (Lipinski definition) is 3. The van der Waals surface area contributed by atoms with E-state index in [2.05, 4.69) is 0 Å². The number of methoxy groups -OCH3 is 1. The van der Waals surface area contributed by atoms with Gasteiger partial charge in [0, 0.05) is 12.2 Å². The number of alkyl halides is 2. The molecule has 0 saturated heterocycles. The third-order valence-corrected chi connectivity index (χ3v) is 2.24. The van der Waals surface area contributed by atoms with E-state index in [-0.39, 0.29) is 6.54 Å². The summed E-state index contributed by atoms with van der Waals surface area (Å²) >= 11 is 0. The summed E-state index contributed by atoms with van der Waals surface area (Å²) in [5, 5.41) is 0. The van der Waals surface area contributed by atoms with Gasteiger partial charge >= 0.3 is 0 Å². The van der Waals surface area contributed by atoms with Crippen LogP contribution in [0.15, 0.2) is 18.2 Å². The summed E-state index contributed by atoms with van der Waals surface area (Å²) in [5.74, 6) is 0.676. The maximum Gasteiger partial charge on any atom is 0.251 e. The second-order valence-corrected chi connectivity index (χ2v) is 3.65. The first-order chi connectivity index (χ1) is 7.52. The third-order valence-electron chi connectivity index (χ3n) is 2.24. The smallest absolute Gasteiger partial charge is 0.251 e. The van der Waals surface area contributed by atoms with Crippen molar-refractivity contribution in [2.45, 2.75) is 13.0 Å². The summed E-state index contributed by atoms with van der Waals surface area (Å²) in [4.78, 5) is 1.52. The van der Waals surface area contributed by atoms with Crippen LogP contribution in [0, 0.1) is 0 Å². The Hall–Kier alpha value is -1.36. The number of rotatable bonds is 5. The Morgan fingerprint density at radius 1 is 1.44 bits per heavy atom. The van der Waals surface area contributed by atoms with Gasteiger partial charge in [-0.2, -0.15) is 0 Å². The second kappa shape index (κ2) is 5.65. The number of halogens is 2. The molecule has 1 rings (SSSR count). The fourth-order valence-electron chi connectivity index (χ4n) is 1.44. The third kappa shape index (κ3) is 3.66. The van der Waals surface area contributed by atoms with Crippen molar-refractivity contribution < 1.29 is 13.5 Å². The Morgan fingerprint density at radius 2 is 2.12 bits per heavy atom. The summed E-state index contributed by atoms with van der Waals surface area (Å²) in [6.45, 7) is 0.115. The van der Waals surface area contributed by atoms with Gasteiger partial charge in [-0.25, -0.2) is 8.78 Å². The lowest BCUT2D eigenvalue weighted by atomic mass is 10.1. The van der Waals surface area contributed by atoms with Crippen LogP contribution in [-0.2, 0) is 6.54 Å². The molecule has 0 aliphatic carbocycles. The summed E-state index contributed by atoms with van der Waals surface area (Å²) < 4.78 is 29.3. The molecular weight excluding hydrogens is 214 g/mol. The van der Waals surface area contributed by atoms with Gasteiger partial charge in [0.2, 0.25) is 0 Å². The van der Waals surface area contributed by atoms with Crippen molar-refractivity contribution in [3.05, 3.63) is 23.8 Å². The van der Waals surface area contributed by atoms with Gasteiger partial charge in [-0.3, -0.25) is 4.90 Å². The number of nitrogen functional groups attached to an aromatic ring is 1. The SMILES string of the molecule is COc1ccc(N)c(CN(C)CC(F)F)c1. The van der Waals surface area contributed by atoms with E-state index in [1.165, 1.54) is 4.90 Å². The van der Waals surface area contributed by atoms with E-state index >= 15 is 0 Å². The molecule has 0 fully saturated rings. The highest BCUT2D eigenvalue weighted by molar-refractivity contribution is 5.50. The van der Waals surface area contributed by atoms with E-state index < -0.39 is 6.43 Å². The van der Waals surface area contributed by atoms with Crippen molar-refractivity contribution in [3.8, 4) is 5.75 Å². The topological polar surface area (TPSA) is 38.5 Å². The van der Waals surface area contributed by atoms with Gasteiger partial charge in [0.05, 0.1) is 13.7 Å². The van der Waals surface area contributed by atoms with Gasteiger partial charge in [0.1, 0.15) is 5.75 Å². The standard InChI is InChI=1S/C11H16F2N2O/c1-15(7-11(12)13)6-8-5-9(16-2)3-4-10(8)14/h3-5,11H,6-7,14H2,1-2H3. The normalized spacial score (nSPS) is 11.1. The molecule has 2 N–H and O–H groups in total. The van der Waals surface area contributed by atoms with Crippen LogP contribution in [0.3, 0.4) is 0 Å². The van der Waals surface area contributed by atoms with E-state index in [1.807, 2.05) is 0 Å². The average Bonchev–Trinajstić information content (AvgIpc) is 2.20. The van der Waals surface area contributed by atoms with Crippen molar-refractivity contribution >= 4 is 5.69 Å². The van der Waals surface area contributed by atoms with Crippen LogP contribution >= 0.6 is 0 Å². The minimum atomic E-state index is -2.34. The lowest BCUT2D eigenvalue weighted by molar-refractivity contribution is 0.0976. The summed E-state index contributed by atoms with van der Waals surface area (Å²) in [7, 11) is 3.18. The van der Waals surface area contributed by atoms with E-state index in [1.54, 1.807) is 32.4 Å². The predicted molar refractivity (Wildman–Crippen MR) is 59.7 cm³/mol. The Kier molecular flexibility index (Phi) is 4.49. The molecule has 0 amide bonds. The number of nitrogens with zero attached hydrogens (tertiary/aromatic N) is 1. The molecule has 0 aliphatic heterocycles. The summed E-state index contributed by atoms with van der Waals surface area (Å²) in [6.07, 6.45) is -2.34. The molecule has 0 spiro atoms. The van der Waals surface area contributed by atoms with Crippen molar-refractivity contribution in [2.75, 3.05) is 26.4 Å². The molecule has 90 valence electrons. The predicted octanol–water partition coefficient (Wildman–Crippen LogP) is 1.97. The van der Waals surface area contributed by atoms with Gasteiger partial charge in [-0.1, -0.05) is 0 Å². The second-order valence-electron chi connectivity index (χ2n) is 3.65. The minimum absolute atomic E-state index is 0.267. The first-order valence-corrected chi connectivity index (χ1v) is 4.92. The Bertz CT molecular complexity index is 345. The highest BCUT2D eigenvalue weighted by Crippen LogP contribution is 2.20. The lowest BCUT2D eigenvalue weighted by Crippen LogP contribution is -2.24. The quantitative estimate of drug-likeness (QED) is 0.786. The number of anilines is 1.